The lowest BCUT2D eigenvalue weighted by atomic mass is 10.1. The summed E-state index contributed by atoms with van der Waals surface area (Å²) in [6, 6.07) is 14.9. The summed E-state index contributed by atoms with van der Waals surface area (Å²) in [6.07, 6.45) is 1.70. The Bertz CT molecular complexity index is 844. The average molecular weight is 371 g/mol. The molecule has 5 nitrogen and oxygen atoms in total. The predicted molar refractivity (Wildman–Crippen MR) is 93.2 cm³/mol. The van der Waals surface area contributed by atoms with Crippen LogP contribution in [0.15, 0.2) is 59.3 Å². The van der Waals surface area contributed by atoms with Gasteiger partial charge in [-0.15, -0.1) is 10.2 Å². The molecule has 0 fully saturated rings. The smallest absolute Gasteiger partial charge is 0.256 e. The Morgan fingerprint density at radius 3 is 2.83 bits per heavy atom. The molecule has 2 aromatic carbocycles. The lowest BCUT2D eigenvalue weighted by Gasteiger charge is -2.09. The number of carbonyl (C=O) groups excluding carboxylic acids is 1. The highest BCUT2D eigenvalue weighted by molar-refractivity contribution is 9.10. The van der Waals surface area contributed by atoms with Gasteiger partial charge in [0.05, 0.1) is 5.56 Å². The number of anilines is 1. The first-order valence-corrected chi connectivity index (χ1v) is 8.02. The van der Waals surface area contributed by atoms with Gasteiger partial charge in [-0.05, 0) is 47.1 Å². The van der Waals surface area contributed by atoms with Gasteiger partial charge in [0.25, 0.3) is 5.91 Å². The van der Waals surface area contributed by atoms with Gasteiger partial charge in [0.1, 0.15) is 6.33 Å². The van der Waals surface area contributed by atoms with Crippen molar-refractivity contribution in [2.24, 2.45) is 0 Å². The quantitative estimate of drug-likeness (QED) is 0.755. The maximum Gasteiger partial charge on any atom is 0.256 e. The zero-order valence-electron chi connectivity index (χ0n) is 12.5. The Balaban J connectivity index is 1.86. The first-order valence-electron chi connectivity index (χ1n) is 7.23. The third kappa shape index (κ3) is 3.32. The van der Waals surface area contributed by atoms with Crippen LogP contribution >= 0.6 is 15.9 Å². The molecule has 1 amide bonds. The second-order valence-electron chi connectivity index (χ2n) is 4.96. The molecule has 3 aromatic rings. The largest absolute Gasteiger partial charge is 0.322 e. The number of nitrogens with one attached hydrogen (secondary N) is 1. The molecule has 0 saturated heterocycles. The molecule has 0 aliphatic carbocycles. The Kier molecular flexibility index (Phi) is 4.52. The number of carbonyl (C=O) groups is 1. The summed E-state index contributed by atoms with van der Waals surface area (Å²) in [5.74, 6) is 0.621. The van der Waals surface area contributed by atoms with Gasteiger partial charge in [0.15, 0.2) is 5.82 Å². The van der Waals surface area contributed by atoms with E-state index in [1.54, 1.807) is 12.4 Å². The molecular weight excluding hydrogens is 356 g/mol. The van der Waals surface area contributed by atoms with Crippen LogP contribution in [0.25, 0.3) is 11.4 Å². The second kappa shape index (κ2) is 6.75. The van der Waals surface area contributed by atoms with E-state index in [0.717, 1.165) is 22.4 Å². The summed E-state index contributed by atoms with van der Waals surface area (Å²) in [5, 5.41) is 11.0. The van der Waals surface area contributed by atoms with E-state index in [1.807, 2.05) is 54.0 Å². The van der Waals surface area contributed by atoms with Crippen molar-refractivity contribution in [3.63, 3.8) is 0 Å². The van der Waals surface area contributed by atoms with Gasteiger partial charge in [-0.1, -0.05) is 24.3 Å². The van der Waals surface area contributed by atoms with Crippen LogP contribution in [-0.4, -0.2) is 20.7 Å². The number of hydrogen-bond acceptors (Lipinski definition) is 3. The maximum atomic E-state index is 12.4. The lowest BCUT2D eigenvalue weighted by molar-refractivity contribution is 0.102. The van der Waals surface area contributed by atoms with E-state index in [9.17, 15) is 4.79 Å². The van der Waals surface area contributed by atoms with Gasteiger partial charge in [-0.3, -0.25) is 4.79 Å². The molecule has 23 heavy (non-hydrogen) atoms. The number of aromatic nitrogens is 3. The molecular formula is C17H15BrN4O. The van der Waals surface area contributed by atoms with E-state index in [4.69, 9.17) is 0 Å². The standard InChI is InChI=1S/C17H15BrN4O/c1-2-22-11-19-21-16(22)12-6-5-7-13(10-12)20-17(23)14-8-3-4-9-15(14)18/h3-11H,2H2,1H3,(H,20,23). The monoisotopic (exact) mass is 370 g/mol. The van der Waals surface area contributed by atoms with Crippen molar-refractivity contribution in [1.82, 2.24) is 14.8 Å². The molecule has 1 aromatic heterocycles. The number of amides is 1. The zero-order chi connectivity index (χ0) is 16.2. The van der Waals surface area contributed by atoms with E-state index < -0.39 is 0 Å². The molecule has 0 atom stereocenters. The fourth-order valence-corrected chi connectivity index (χ4v) is 2.75. The number of hydrogen-bond donors (Lipinski definition) is 1. The summed E-state index contributed by atoms with van der Waals surface area (Å²) in [4.78, 5) is 12.4. The maximum absolute atomic E-state index is 12.4. The first kappa shape index (κ1) is 15.4. The van der Waals surface area contributed by atoms with Crippen LogP contribution in [0.3, 0.4) is 0 Å². The van der Waals surface area contributed by atoms with Crippen LogP contribution in [0.4, 0.5) is 5.69 Å². The lowest BCUT2D eigenvalue weighted by Crippen LogP contribution is -2.12. The van der Waals surface area contributed by atoms with Gasteiger partial charge in [0.2, 0.25) is 0 Å². The Morgan fingerprint density at radius 2 is 2.04 bits per heavy atom. The van der Waals surface area contributed by atoms with Crippen molar-refractivity contribution in [3.05, 3.63) is 64.9 Å². The van der Waals surface area contributed by atoms with Crippen LogP contribution in [-0.2, 0) is 6.54 Å². The predicted octanol–water partition coefficient (Wildman–Crippen LogP) is 3.98. The van der Waals surface area contributed by atoms with E-state index >= 15 is 0 Å². The molecule has 0 spiro atoms. The molecule has 0 radical (unpaired) electrons. The first-order chi connectivity index (χ1) is 11.2. The van der Waals surface area contributed by atoms with Crippen LogP contribution < -0.4 is 5.32 Å². The zero-order valence-corrected chi connectivity index (χ0v) is 14.1. The van der Waals surface area contributed by atoms with Gasteiger partial charge in [-0.2, -0.15) is 0 Å². The van der Waals surface area contributed by atoms with Crippen molar-refractivity contribution in [1.29, 1.82) is 0 Å². The molecule has 116 valence electrons. The Hall–Kier alpha value is -2.47. The number of aryl methyl sites for hydroxylation is 1. The molecule has 0 unspecified atom stereocenters. The molecule has 1 heterocycles. The minimum atomic E-state index is -0.161. The van der Waals surface area contributed by atoms with Gasteiger partial charge >= 0.3 is 0 Å². The molecule has 1 N–H and O–H groups in total. The van der Waals surface area contributed by atoms with E-state index in [-0.39, 0.29) is 5.91 Å². The summed E-state index contributed by atoms with van der Waals surface area (Å²) in [5.41, 5.74) is 2.22. The highest BCUT2D eigenvalue weighted by atomic mass is 79.9. The highest BCUT2D eigenvalue weighted by Crippen LogP contribution is 2.22. The summed E-state index contributed by atoms with van der Waals surface area (Å²) in [7, 11) is 0. The van der Waals surface area contributed by atoms with E-state index in [1.165, 1.54) is 0 Å². The van der Waals surface area contributed by atoms with Crippen LogP contribution in [0.1, 0.15) is 17.3 Å². The van der Waals surface area contributed by atoms with Gasteiger partial charge in [-0.25, -0.2) is 0 Å². The number of nitrogens with zero attached hydrogens (tertiary/aromatic N) is 3. The topological polar surface area (TPSA) is 59.8 Å². The minimum absolute atomic E-state index is 0.161. The summed E-state index contributed by atoms with van der Waals surface area (Å²) in [6.45, 7) is 2.82. The SMILES string of the molecule is CCn1cnnc1-c1cccc(NC(=O)c2ccccc2Br)c1. The van der Waals surface area contributed by atoms with Crippen LogP contribution in [0.5, 0.6) is 0 Å². The number of halogens is 1. The summed E-state index contributed by atoms with van der Waals surface area (Å²) < 4.78 is 2.72. The fourth-order valence-electron chi connectivity index (χ4n) is 2.29. The van der Waals surface area contributed by atoms with E-state index in [2.05, 4.69) is 31.4 Å². The average Bonchev–Trinajstić information content (AvgIpc) is 3.04. The molecule has 6 heteroatoms. The highest BCUT2D eigenvalue weighted by Gasteiger charge is 2.11. The van der Waals surface area contributed by atoms with Gasteiger partial charge in [0, 0.05) is 22.3 Å². The minimum Gasteiger partial charge on any atom is -0.322 e. The second-order valence-corrected chi connectivity index (χ2v) is 5.81. The van der Waals surface area contributed by atoms with Gasteiger partial charge < -0.3 is 9.88 Å². The molecule has 3 rings (SSSR count). The van der Waals surface area contributed by atoms with Crippen LogP contribution in [0.2, 0.25) is 0 Å². The van der Waals surface area contributed by atoms with Crippen molar-refractivity contribution in [2.45, 2.75) is 13.5 Å². The number of rotatable bonds is 4. The summed E-state index contributed by atoms with van der Waals surface area (Å²) >= 11 is 3.39. The third-order valence-electron chi connectivity index (χ3n) is 3.45. The molecule has 0 aliphatic heterocycles. The fraction of sp³-hybridized carbons (Fsp3) is 0.118. The van der Waals surface area contributed by atoms with Crippen molar-refractivity contribution >= 4 is 27.5 Å². The molecule has 0 bridgehead atoms. The van der Waals surface area contributed by atoms with Crippen molar-refractivity contribution < 1.29 is 4.79 Å². The van der Waals surface area contributed by atoms with E-state index in [0.29, 0.717) is 11.3 Å². The van der Waals surface area contributed by atoms with Crippen molar-refractivity contribution in [3.8, 4) is 11.4 Å². The molecule has 0 saturated carbocycles. The van der Waals surface area contributed by atoms with Crippen molar-refractivity contribution in [2.75, 3.05) is 5.32 Å². The molecule has 0 aliphatic rings. The number of benzene rings is 2. The Labute approximate surface area is 142 Å². The third-order valence-corrected chi connectivity index (χ3v) is 4.14. The van der Waals surface area contributed by atoms with Crippen LogP contribution in [0, 0.1) is 0 Å². The Morgan fingerprint density at radius 1 is 1.22 bits per heavy atom. The normalized spacial score (nSPS) is 10.5.